The normalized spacial score (nSPS) is 12.0. The number of hydrogen-bond acceptors (Lipinski definition) is 6. The monoisotopic (exact) mass is 301 g/mol. The highest BCUT2D eigenvalue weighted by molar-refractivity contribution is 5.57. The molecular weight excluding hydrogens is 278 g/mol. The molecule has 2 N–H and O–H groups in total. The second-order valence-corrected chi connectivity index (χ2v) is 5.43. The van der Waals surface area contributed by atoms with E-state index in [2.05, 4.69) is 39.7 Å². The van der Waals surface area contributed by atoms with E-state index in [0.29, 0.717) is 17.8 Å². The van der Waals surface area contributed by atoms with E-state index >= 15 is 0 Å². The third-order valence-corrected chi connectivity index (χ3v) is 3.05. The number of aromatic nitrogens is 3. The van der Waals surface area contributed by atoms with Gasteiger partial charge in [0.25, 0.3) is 0 Å². The Kier molecular flexibility index (Phi) is 5.52. The first-order valence-electron chi connectivity index (χ1n) is 7.56. The van der Waals surface area contributed by atoms with Crippen LogP contribution in [-0.4, -0.2) is 27.3 Å². The molecule has 118 valence electrons. The molecule has 0 amide bonds. The number of nitrogens with one attached hydrogen (secondary N) is 2. The molecule has 6 heteroatoms. The van der Waals surface area contributed by atoms with Gasteiger partial charge >= 0.3 is 0 Å². The summed E-state index contributed by atoms with van der Waals surface area (Å²) >= 11 is 0. The Labute approximate surface area is 131 Å². The molecule has 0 aliphatic carbocycles. The first-order valence-corrected chi connectivity index (χ1v) is 7.56. The highest BCUT2D eigenvalue weighted by Crippen LogP contribution is 2.19. The van der Waals surface area contributed by atoms with Gasteiger partial charge < -0.3 is 15.4 Å². The molecule has 2 rings (SSSR count). The van der Waals surface area contributed by atoms with Gasteiger partial charge in [-0.15, -0.1) is 5.10 Å². The van der Waals surface area contributed by atoms with Gasteiger partial charge in [0.1, 0.15) is 5.75 Å². The Morgan fingerprint density at radius 2 is 1.86 bits per heavy atom. The molecule has 0 aliphatic rings. The van der Waals surface area contributed by atoms with Crippen LogP contribution < -0.4 is 15.4 Å². The van der Waals surface area contributed by atoms with E-state index in [9.17, 15) is 0 Å². The van der Waals surface area contributed by atoms with Crippen LogP contribution in [0.15, 0.2) is 30.5 Å². The van der Waals surface area contributed by atoms with Crippen LogP contribution in [0.2, 0.25) is 0 Å². The molecule has 22 heavy (non-hydrogen) atoms. The van der Waals surface area contributed by atoms with Gasteiger partial charge in [-0.05, 0) is 51.5 Å². The van der Waals surface area contributed by atoms with Crippen LogP contribution in [0.25, 0.3) is 0 Å². The molecule has 0 saturated carbocycles. The summed E-state index contributed by atoms with van der Waals surface area (Å²) in [5.41, 5.74) is 0.922. The average Bonchev–Trinajstić information content (AvgIpc) is 2.49. The Hall–Kier alpha value is -2.37. The van der Waals surface area contributed by atoms with Gasteiger partial charge in [-0.3, -0.25) is 0 Å². The van der Waals surface area contributed by atoms with Crippen molar-refractivity contribution in [2.24, 2.45) is 0 Å². The van der Waals surface area contributed by atoms with Crippen molar-refractivity contribution in [3.05, 3.63) is 30.5 Å². The predicted molar refractivity (Wildman–Crippen MR) is 88.7 cm³/mol. The second-order valence-electron chi connectivity index (χ2n) is 5.43. The summed E-state index contributed by atoms with van der Waals surface area (Å²) in [6.45, 7) is 8.19. The molecule has 1 atom stereocenters. The zero-order valence-electron chi connectivity index (χ0n) is 13.5. The third-order valence-electron chi connectivity index (χ3n) is 3.05. The summed E-state index contributed by atoms with van der Waals surface area (Å²) in [5.74, 6) is 2.03. The molecule has 1 aromatic heterocycles. The molecule has 6 nitrogen and oxygen atoms in total. The topological polar surface area (TPSA) is 72.0 Å². The number of nitrogens with zero attached hydrogens (tertiary/aromatic N) is 3. The summed E-state index contributed by atoms with van der Waals surface area (Å²) in [4.78, 5) is 4.40. The molecule has 0 bridgehead atoms. The van der Waals surface area contributed by atoms with E-state index in [1.807, 2.05) is 38.1 Å². The second kappa shape index (κ2) is 7.59. The van der Waals surface area contributed by atoms with Gasteiger partial charge in [0.2, 0.25) is 5.95 Å². The van der Waals surface area contributed by atoms with Crippen LogP contribution in [-0.2, 0) is 0 Å². The van der Waals surface area contributed by atoms with Crippen molar-refractivity contribution in [2.75, 3.05) is 10.6 Å². The molecule has 1 aromatic carbocycles. The zero-order chi connectivity index (χ0) is 15.9. The van der Waals surface area contributed by atoms with Gasteiger partial charge in [-0.1, -0.05) is 6.92 Å². The van der Waals surface area contributed by atoms with Crippen LogP contribution in [0.4, 0.5) is 17.5 Å². The molecule has 2 aromatic rings. The minimum absolute atomic E-state index is 0.166. The maximum absolute atomic E-state index is 5.62. The van der Waals surface area contributed by atoms with Gasteiger partial charge in [-0.2, -0.15) is 10.1 Å². The van der Waals surface area contributed by atoms with E-state index < -0.39 is 0 Å². The SMILES string of the molecule is CCC(C)Nc1nncc(Nc2ccc(OC(C)C)cc2)n1. The fourth-order valence-corrected chi connectivity index (χ4v) is 1.78. The molecule has 0 saturated heterocycles. The lowest BCUT2D eigenvalue weighted by atomic mass is 10.3. The van der Waals surface area contributed by atoms with Crippen LogP contribution >= 0.6 is 0 Å². The van der Waals surface area contributed by atoms with Gasteiger partial charge in [0.15, 0.2) is 5.82 Å². The third kappa shape index (κ3) is 4.87. The fraction of sp³-hybridized carbons (Fsp3) is 0.438. The van der Waals surface area contributed by atoms with E-state index in [-0.39, 0.29) is 6.10 Å². The lowest BCUT2D eigenvalue weighted by molar-refractivity contribution is 0.242. The van der Waals surface area contributed by atoms with E-state index in [1.54, 1.807) is 6.20 Å². The Morgan fingerprint density at radius 3 is 2.50 bits per heavy atom. The minimum Gasteiger partial charge on any atom is -0.491 e. The summed E-state index contributed by atoms with van der Waals surface area (Å²) in [5, 5.41) is 14.4. The number of hydrogen-bond donors (Lipinski definition) is 2. The number of anilines is 3. The van der Waals surface area contributed by atoms with Crippen molar-refractivity contribution >= 4 is 17.5 Å². The first-order chi connectivity index (χ1) is 10.6. The standard InChI is InChI=1S/C16H23N5O/c1-5-12(4)18-16-20-15(10-17-21-16)19-13-6-8-14(9-7-13)22-11(2)3/h6-12H,5H2,1-4H3,(H2,18,19,20,21). The molecule has 1 heterocycles. The quantitative estimate of drug-likeness (QED) is 0.814. The summed E-state index contributed by atoms with van der Waals surface area (Å²) in [7, 11) is 0. The summed E-state index contributed by atoms with van der Waals surface area (Å²) < 4.78 is 5.62. The van der Waals surface area contributed by atoms with Crippen LogP contribution in [0.3, 0.4) is 0 Å². The average molecular weight is 301 g/mol. The van der Waals surface area contributed by atoms with Crippen molar-refractivity contribution in [3.8, 4) is 5.75 Å². The van der Waals surface area contributed by atoms with Crippen molar-refractivity contribution in [2.45, 2.75) is 46.3 Å². The minimum atomic E-state index is 0.166. The lowest BCUT2D eigenvalue weighted by Gasteiger charge is -2.12. The van der Waals surface area contributed by atoms with Crippen LogP contribution in [0, 0.1) is 0 Å². The van der Waals surface area contributed by atoms with E-state index in [4.69, 9.17) is 4.74 Å². The lowest BCUT2D eigenvalue weighted by Crippen LogP contribution is -2.16. The number of ether oxygens (including phenoxy) is 1. The van der Waals surface area contributed by atoms with Crippen LogP contribution in [0.5, 0.6) is 5.75 Å². The van der Waals surface area contributed by atoms with E-state index in [0.717, 1.165) is 17.9 Å². The van der Waals surface area contributed by atoms with Gasteiger partial charge in [0, 0.05) is 11.7 Å². The summed E-state index contributed by atoms with van der Waals surface area (Å²) in [6, 6.07) is 8.05. The first kappa shape index (κ1) is 16.0. The van der Waals surface area contributed by atoms with Crippen molar-refractivity contribution < 1.29 is 4.74 Å². The van der Waals surface area contributed by atoms with Crippen molar-refractivity contribution in [3.63, 3.8) is 0 Å². The number of rotatable bonds is 7. The van der Waals surface area contributed by atoms with Gasteiger partial charge in [-0.25, -0.2) is 0 Å². The Balaban J connectivity index is 2.02. The Bertz CT molecular complexity index is 585. The Morgan fingerprint density at radius 1 is 1.14 bits per heavy atom. The van der Waals surface area contributed by atoms with E-state index in [1.165, 1.54) is 0 Å². The fourth-order valence-electron chi connectivity index (χ4n) is 1.78. The van der Waals surface area contributed by atoms with Crippen molar-refractivity contribution in [1.29, 1.82) is 0 Å². The molecule has 0 fully saturated rings. The zero-order valence-corrected chi connectivity index (χ0v) is 13.5. The maximum Gasteiger partial charge on any atom is 0.244 e. The van der Waals surface area contributed by atoms with Crippen molar-refractivity contribution in [1.82, 2.24) is 15.2 Å². The largest absolute Gasteiger partial charge is 0.491 e. The molecule has 0 aliphatic heterocycles. The smallest absolute Gasteiger partial charge is 0.244 e. The summed E-state index contributed by atoms with van der Waals surface area (Å²) in [6.07, 6.45) is 2.76. The molecule has 1 unspecified atom stereocenters. The molecular formula is C16H23N5O. The maximum atomic E-state index is 5.62. The molecule has 0 radical (unpaired) electrons. The molecule has 0 spiro atoms. The highest BCUT2D eigenvalue weighted by atomic mass is 16.5. The highest BCUT2D eigenvalue weighted by Gasteiger charge is 2.04. The van der Waals surface area contributed by atoms with Crippen LogP contribution in [0.1, 0.15) is 34.1 Å². The van der Waals surface area contributed by atoms with Gasteiger partial charge in [0.05, 0.1) is 12.3 Å². The predicted octanol–water partition coefficient (Wildman–Crippen LogP) is 3.61. The number of benzene rings is 1.